The molecule has 96 valence electrons. The summed E-state index contributed by atoms with van der Waals surface area (Å²) in [7, 11) is 0. The van der Waals surface area contributed by atoms with Gasteiger partial charge in [0.1, 0.15) is 6.04 Å². The first kappa shape index (κ1) is 11.3. The molecule has 0 bridgehead atoms. The minimum Gasteiger partial charge on any atom is -0.344 e. The number of amides is 2. The first-order chi connectivity index (χ1) is 8.75. The van der Waals surface area contributed by atoms with Gasteiger partial charge in [-0.05, 0) is 25.3 Å². The molecule has 2 N–H and O–H groups in total. The summed E-state index contributed by atoms with van der Waals surface area (Å²) in [5.41, 5.74) is 0.977. The smallest absolute Gasteiger partial charge is 0.245 e. The first-order valence-corrected chi connectivity index (χ1v) is 6.35. The van der Waals surface area contributed by atoms with Crippen LogP contribution in [0, 0.1) is 0 Å². The third-order valence-electron chi connectivity index (χ3n) is 3.71. The average Bonchev–Trinajstić information content (AvgIpc) is 3.08. The molecule has 2 aliphatic heterocycles. The summed E-state index contributed by atoms with van der Waals surface area (Å²) in [6.07, 6.45) is 4.72. The van der Waals surface area contributed by atoms with Crippen LogP contribution in [0.25, 0.3) is 0 Å². The Hall–Kier alpha value is -1.85. The Labute approximate surface area is 105 Å². The Balaban J connectivity index is 1.75. The van der Waals surface area contributed by atoms with E-state index in [4.69, 9.17) is 0 Å². The molecule has 2 aliphatic rings. The van der Waals surface area contributed by atoms with Gasteiger partial charge in [-0.15, -0.1) is 0 Å². The molecule has 6 heteroatoms. The SMILES string of the molecule is O=C1CC[C@@H](C(=O)N2CCCC2c2ccn[nH]2)N1. The van der Waals surface area contributed by atoms with Crippen molar-refractivity contribution >= 4 is 11.8 Å². The maximum atomic E-state index is 12.4. The normalized spacial score (nSPS) is 27.6. The fourth-order valence-corrected chi connectivity index (χ4v) is 2.81. The molecule has 6 nitrogen and oxygen atoms in total. The predicted molar refractivity (Wildman–Crippen MR) is 63.4 cm³/mol. The Morgan fingerprint density at radius 2 is 2.33 bits per heavy atom. The van der Waals surface area contributed by atoms with E-state index in [0.717, 1.165) is 25.1 Å². The van der Waals surface area contributed by atoms with E-state index in [0.29, 0.717) is 12.8 Å². The zero-order valence-corrected chi connectivity index (χ0v) is 10.1. The number of hydrogen-bond acceptors (Lipinski definition) is 3. The van der Waals surface area contributed by atoms with E-state index >= 15 is 0 Å². The lowest BCUT2D eigenvalue weighted by atomic mass is 10.1. The van der Waals surface area contributed by atoms with Crippen LogP contribution in [-0.2, 0) is 9.59 Å². The fraction of sp³-hybridized carbons (Fsp3) is 0.583. The molecule has 3 heterocycles. The minimum atomic E-state index is -0.332. The van der Waals surface area contributed by atoms with Gasteiger partial charge in [0.2, 0.25) is 11.8 Å². The molecule has 0 saturated carbocycles. The van der Waals surface area contributed by atoms with Crippen LogP contribution in [-0.4, -0.2) is 39.5 Å². The van der Waals surface area contributed by atoms with Crippen molar-refractivity contribution in [3.63, 3.8) is 0 Å². The van der Waals surface area contributed by atoms with Crippen molar-refractivity contribution in [3.05, 3.63) is 18.0 Å². The van der Waals surface area contributed by atoms with E-state index in [1.165, 1.54) is 0 Å². The average molecular weight is 248 g/mol. The molecule has 1 aromatic rings. The first-order valence-electron chi connectivity index (χ1n) is 6.35. The van der Waals surface area contributed by atoms with Gasteiger partial charge in [-0.3, -0.25) is 14.7 Å². The number of nitrogens with zero attached hydrogens (tertiary/aromatic N) is 2. The van der Waals surface area contributed by atoms with Crippen LogP contribution in [0.1, 0.15) is 37.4 Å². The molecule has 3 rings (SSSR count). The highest BCUT2D eigenvalue weighted by molar-refractivity contribution is 5.91. The van der Waals surface area contributed by atoms with E-state index in [9.17, 15) is 9.59 Å². The zero-order valence-electron chi connectivity index (χ0n) is 10.1. The summed E-state index contributed by atoms with van der Waals surface area (Å²) in [4.78, 5) is 25.4. The van der Waals surface area contributed by atoms with Crippen LogP contribution in [0.15, 0.2) is 12.3 Å². The standard InChI is InChI=1S/C12H16N4O2/c17-11-4-3-9(14-11)12(18)16-7-1-2-10(16)8-5-6-13-15-8/h5-6,9-10H,1-4,7H2,(H,13,15)(H,14,17)/t9-,10?/m0/s1. The lowest BCUT2D eigenvalue weighted by Gasteiger charge is -2.26. The van der Waals surface area contributed by atoms with Gasteiger partial charge in [0.05, 0.1) is 11.7 Å². The summed E-state index contributed by atoms with van der Waals surface area (Å²) in [5, 5.41) is 9.61. The molecule has 0 aliphatic carbocycles. The second-order valence-corrected chi connectivity index (χ2v) is 4.86. The van der Waals surface area contributed by atoms with Gasteiger partial charge in [0.25, 0.3) is 0 Å². The van der Waals surface area contributed by atoms with Crippen molar-refractivity contribution in [1.29, 1.82) is 0 Å². The van der Waals surface area contributed by atoms with Crippen molar-refractivity contribution in [2.24, 2.45) is 0 Å². The molecule has 1 unspecified atom stereocenters. The number of hydrogen-bond donors (Lipinski definition) is 2. The van der Waals surface area contributed by atoms with Crippen molar-refractivity contribution in [2.75, 3.05) is 6.54 Å². The van der Waals surface area contributed by atoms with E-state index < -0.39 is 0 Å². The molecular formula is C12H16N4O2. The number of likely N-dealkylation sites (tertiary alicyclic amines) is 1. The second-order valence-electron chi connectivity index (χ2n) is 4.86. The van der Waals surface area contributed by atoms with Gasteiger partial charge >= 0.3 is 0 Å². The van der Waals surface area contributed by atoms with Crippen LogP contribution in [0.5, 0.6) is 0 Å². The maximum Gasteiger partial charge on any atom is 0.245 e. The summed E-state index contributed by atoms with van der Waals surface area (Å²) in [6, 6.07) is 1.65. The summed E-state index contributed by atoms with van der Waals surface area (Å²) in [6.45, 7) is 0.759. The summed E-state index contributed by atoms with van der Waals surface area (Å²) < 4.78 is 0. The van der Waals surface area contributed by atoms with E-state index in [2.05, 4.69) is 15.5 Å². The van der Waals surface area contributed by atoms with Crippen LogP contribution in [0.3, 0.4) is 0 Å². The molecule has 2 atom stereocenters. The largest absolute Gasteiger partial charge is 0.344 e. The third kappa shape index (κ3) is 1.87. The fourth-order valence-electron chi connectivity index (χ4n) is 2.81. The number of carbonyl (C=O) groups is 2. The van der Waals surface area contributed by atoms with E-state index in [1.54, 1.807) is 6.20 Å². The number of aromatic nitrogens is 2. The Bertz CT molecular complexity index is 457. The maximum absolute atomic E-state index is 12.4. The molecule has 0 radical (unpaired) electrons. The molecule has 1 aromatic heterocycles. The number of rotatable bonds is 2. The van der Waals surface area contributed by atoms with E-state index in [1.807, 2.05) is 11.0 Å². The number of H-pyrrole nitrogens is 1. The Kier molecular flexibility index (Phi) is 2.77. The number of nitrogens with one attached hydrogen (secondary N) is 2. The highest BCUT2D eigenvalue weighted by atomic mass is 16.2. The van der Waals surface area contributed by atoms with Crippen molar-refractivity contribution in [3.8, 4) is 0 Å². The van der Waals surface area contributed by atoms with Gasteiger partial charge in [0, 0.05) is 19.2 Å². The molecule has 18 heavy (non-hydrogen) atoms. The molecule has 2 saturated heterocycles. The van der Waals surface area contributed by atoms with Crippen molar-refractivity contribution in [1.82, 2.24) is 20.4 Å². The highest BCUT2D eigenvalue weighted by Gasteiger charge is 2.37. The van der Waals surface area contributed by atoms with Gasteiger partial charge in [-0.1, -0.05) is 0 Å². The molecule has 0 aromatic carbocycles. The topological polar surface area (TPSA) is 78.1 Å². The Morgan fingerprint density at radius 3 is 3.00 bits per heavy atom. The highest BCUT2D eigenvalue weighted by Crippen LogP contribution is 2.31. The molecule has 0 spiro atoms. The Morgan fingerprint density at radius 1 is 1.44 bits per heavy atom. The van der Waals surface area contributed by atoms with E-state index in [-0.39, 0.29) is 23.9 Å². The number of aromatic amines is 1. The summed E-state index contributed by atoms with van der Waals surface area (Å²) in [5.74, 6) is 0.0172. The quantitative estimate of drug-likeness (QED) is 0.792. The lowest BCUT2D eigenvalue weighted by molar-refractivity contribution is -0.135. The van der Waals surface area contributed by atoms with Gasteiger partial charge in [0.15, 0.2) is 0 Å². The summed E-state index contributed by atoms with van der Waals surface area (Å²) >= 11 is 0. The lowest BCUT2D eigenvalue weighted by Crippen LogP contribution is -2.44. The van der Waals surface area contributed by atoms with Gasteiger partial charge < -0.3 is 10.2 Å². The van der Waals surface area contributed by atoms with Crippen LogP contribution >= 0.6 is 0 Å². The van der Waals surface area contributed by atoms with Crippen LogP contribution in [0.4, 0.5) is 0 Å². The molecular weight excluding hydrogens is 232 g/mol. The van der Waals surface area contributed by atoms with Crippen molar-refractivity contribution in [2.45, 2.75) is 37.8 Å². The second kappa shape index (κ2) is 4.44. The third-order valence-corrected chi connectivity index (χ3v) is 3.71. The minimum absolute atomic E-state index is 0.0226. The van der Waals surface area contributed by atoms with Crippen molar-refractivity contribution < 1.29 is 9.59 Å². The molecule has 2 amide bonds. The molecule has 2 fully saturated rings. The predicted octanol–water partition coefficient (Wildman–Crippen LogP) is 0.352. The number of carbonyl (C=O) groups excluding carboxylic acids is 2. The van der Waals surface area contributed by atoms with Crippen LogP contribution in [0.2, 0.25) is 0 Å². The van der Waals surface area contributed by atoms with Gasteiger partial charge in [-0.25, -0.2) is 0 Å². The zero-order chi connectivity index (χ0) is 12.5. The monoisotopic (exact) mass is 248 g/mol. The van der Waals surface area contributed by atoms with Gasteiger partial charge in [-0.2, -0.15) is 5.10 Å². The van der Waals surface area contributed by atoms with Crippen LogP contribution < -0.4 is 5.32 Å².